The van der Waals surface area contributed by atoms with Gasteiger partial charge >= 0.3 is 17.9 Å². The van der Waals surface area contributed by atoms with Crippen molar-refractivity contribution in [1.29, 1.82) is 0 Å². The number of hydrogen-bond acceptors (Lipinski definition) is 5. The number of esters is 1. The fraction of sp³-hybridized carbons (Fsp3) is 0.833. The summed E-state index contributed by atoms with van der Waals surface area (Å²) in [5.74, 6) is -4.00. The molecule has 2 atom stereocenters. The van der Waals surface area contributed by atoms with E-state index < -0.39 is 42.0 Å². The summed E-state index contributed by atoms with van der Waals surface area (Å²) in [4.78, 5) is 34.3. The first-order valence-corrected chi connectivity index (χ1v) is 9.00. The highest BCUT2D eigenvalue weighted by Crippen LogP contribution is 2.36. The van der Waals surface area contributed by atoms with Crippen LogP contribution in [0.15, 0.2) is 0 Å². The molecule has 2 unspecified atom stereocenters. The SMILES string of the molecule is CCCCC(CC)C(CC)(CC)OC(=O)CC(O)(CC(=O)O)C(=O)O. The van der Waals surface area contributed by atoms with Crippen molar-refractivity contribution in [2.45, 2.75) is 90.3 Å². The largest absolute Gasteiger partial charge is 0.481 e. The Labute approximate surface area is 149 Å². The van der Waals surface area contributed by atoms with Crippen molar-refractivity contribution < 1.29 is 34.4 Å². The second kappa shape index (κ2) is 10.4. The lowest BCUT2D eigenvalue weighted by atomic mass is 9.78. The molecule has 0 aliphatic heterocycles. The number of unbranched alkanes of at least 4 members (excludes halogenated alkanes) is 1. The monoisotopic (exact) mass is 360 g/mol. The standard InChI is InChI=1S/C18H32O7/c1-5-9-10-13(6-2)18(7-3,8-4)25-15(21)12-17(24,16(22)23)11-14(19)20/h13,24H,5-12H2,1-4H3,(H,19,20)(H,22,23). The van der Waals surface area contributed by atoms with Gasteiger partial charge in [0.05, 0.1) is 12.8 Å². The van der Waals surface area contributed by atoms with Gasteiger partial charge in [-0.3, -0.25) is 9.59 Å². The van der Waals surface area contributed by atoms with Gasteiger partial charge in [-0.1, -0.05) is 40.5 Å². The fourth-order valence-corrected chi connectivity index (χ4v) is 3.31. The van der Waals surface area contributed by atoms with Crippen molar-refractivity contribution >= 4 is 17.9 Å². The summed E-state index contributed by atoms with van der Waals surface area (Å²) in [5, 5.41) is 27.9. The molecule has 0 aromatic heterocycles. The molecule has 146 valence electrons. The summed E-state index contributed by atoms with van der Waals surface area (Å²) in [7, 11) is 0. The second-order valence-corrected chi connectivity index (χ2v) is 6.58. The molecule has 3 N–H and O–H groups in total. The molecule has 0 saturated carbocycles. The topological polar surface area (TPSA) is 121 Å². The van der Waals surface area contributed by atoms with Crippen molar-refractivity contribution in [3.8, 4) is 0 Å². The first-order valence-electron chi connectivity index (χ1n) is 9.00. The van der Waals surface area contributed by atoms with Gasteiger partial charge in [0.1, 0.15) is 5.60 Å². The maximum absolute atomic E-state index is 12.3. The van der Waals surface area contributed by atoms with Crippen LogP contribution in [0, 0.1) is 5.92 Å². The molecule has 0 bridgehead atoms. The molecule has 0 spiro atoms. The highest BCUT2D eigenvalue weighted by atomic mass is 16.6. The van der Waals surface area contributed by atoms with E-state index in [9.17, 15) is 19.5 Å². The second-order valence-electron chi connectivity index (χ2n) is 6.58. The molecule has 0 aliphatic carbocycles. The maximum Gasteiger partial charge on any atom is 0.336 e. The van der Waals surface area contributed by atoms with Crippen LogP contribution in [0.3, 0.4) is 0 Å². The Bertz CT molecular complexity index is 456. The number of rotatable bonds is 13. The van der Waals surface area contributed by atoms with Gasteiger partial charge in [0, 0.05) is 0 Å². The molecule has 0 rings (SSSR count). The zero-order chi connectivity index (χ0) is 19.7. The Morgan fingerprint density at radius 3 is 1.92 bits per heavy atom. The zero-order valence-corrected chi connectivity index (χ0v) is 15.7. The smallest absolute Gasteiger partial charge is 0.336 e. The third kappa shape index (κ3) is 6.65. The van der Waals surface area contributed by atoms with E-state index >= 15 is 0 Å². The molecule has 0 amide bonds. The molecule has 25 heavy (non-hydrogen) atoms. The number of aliphatic hydroxyl groups is 1. The summed E-state index contributed by atoms with van der Waals surface area (Å²) >= 11 is 0. The number of ether oxygens (including phenoxy) is 1. The Hall–Kier alpha value is -1.63. The summed E-state index contributed by atoms with van der Waals surface area (Å²) < 4.78 is 5.66. The predicted octanol–water partition coefficient (Wildman–Crippen LogP) is 2.99. The van der Waals surface area contributed by atoms with Crippen LogP contribution >= 0.6 is 0 Å². The minimum atomic E-state index is -2.67. The molecule has 0 radical (unpaired) electrons. The lowest BCUT2D eigenvalue weighted by Crippen LogP contribution is -2.47. The van der Waals surface area contributed by atoms with Crippen LogP contribution in [0.25, 0.3) is 0 Å². The zero-order valence-electron chi connectivity index (χ0n) is 15.7. The Morgan fingerprint density at radius 2 is 1.56 bits per heavy atom. The number of carbonyl (C=O) groups excluding carboxylic acids is 1. The van der Waals surface area contributed by atoms with Crippen molar-refractivity contribution in [3.63, 3.8) is 0 Å². The van der Waals surface area contributed by atoms with Crippen LogP contribution in [0.5, 0.6) is 0 Å². The minimum Gasteiger partial charge on any atom is -0.481 e. The number of carbonyl (C=O) groups is 3. The summed E-state index contributed by atoms with van der Waals surface area (Å²) in [5.41, 5.74) is -3.40. The molecule has 7 nitrogen and oxygen atoms in total. The van der Waals surface area contributed by atoms with Crippen molar-refractivity contribution in [3.05, 3.63) is 0 Å². The van der Waals surface area contributed by atoms with E-state index in [1.165, 1.54) is 0 Å². The van der Waals surface area contributed by atoms with E-state index in [1.807, 2.05) is 20.8 Å². The molecular formula is C18H32O7. The first-order chi connectivity index (χ1) is 11.6. The molecule has 0 aromatic rings. The average molecular weight is 360 g/mol. The van der Waals surface area contributed by atoms with Gasteiger partial charge in [-0.15, -0.1) is 0 Å². The third-order valence-corrected chi connectivity index (χ3v) is 4.94. The molecule has 0 heterocycles. The van der Waals surface area contributed by atoms with Gasteiger partial charge in [0.2, 0.25) is 0 Å². The van der Waals surface area contributed by atoms with Crippen LogP contribution in [0.2, 0.25) is 0 Å². The van der Waals surface area contributed by atoms with Crippen molar-refractivity contribution in [1.82, 2.24) is 0 Å². The maximum atomic E-state index is 12.3. The van der Waals surface area contributed by atoms with Crippen LogP contribution in [-0.4, -0.2) is 44.4 Å². The van der Waals surface area contributed by atoms with E-state index in [2.05, 4.69) is 6.92 Å². The van der Waals surface area contributed by atoms with Crippen LogP contribution in [0.1, 0.15) is 79.1 Å². The van der Waals surface area contributed by atoms with Crippen LogP contribution in [0.4, 0.5) is 0 Å². The normalized spacial score (nSPS) is 15.2. The van der Waals surface area contributed by atoms with E-state index in [-0.39, 0.29) is 5.92 Å². The van der Waals surface area contributed by atoms with Crippen LogP contribution in [-0.2, 0) is 19.1 Å². The molecule has 0 aromatic carbocycles. The van der Waals surface area contributed by atoms with E-state index in [0.717, 1.165) is 25.7 Å². The Balaban J connectivity index is 5.33. The molecule has 0 fully saturated rings. The number of carboxylic acid groups (broad SMARTS) is 2. The lowest BCUT2D eigenvalue weighted by molar-refractivity contribution is -0.182. The molecule has 0 aliphatic rings. The summed E-state index contributed by atoms with van der Waals surface area (Å²) in [6.07, 6.45) is 2.91. The minimum absolute atomic E-state index is 0.129. The highest BCUT2D eigenvalue weighted by Gasteiger charge is 2.44. The van der Waals surface area contributed by atoms with E-state index in [1.54, 1.807) is 0 Å². The van der Waals surface area contributed by atoms with E-state index in [4.69, 9.17) is 14.9 Å². The van der Waals surface area contributed by atoms with Gasteiger partial charge in [0.15, 0.2) is 5.60 Å². The molecular weight excluding hydrogens is 328 g/mol. The summed E-state index contributed by atoms with van der Waals surface area (Å²) in [6.45, 7) is 7.92. The van der Waals surface area contributed by atoms with Gasteiger partial charge < -0.3 is 20.1 Å². The average Bonchev–Trinajstić information content (AvgIpc) is 2.53. The molecule has 0 saturated heterocycles. The lowest BCUT2D eigenvalue weighted by Gasteiger charge is -2.39. The van der Waals surface area contributed by atoms with E-state index in [0.29, 0.717) is 12.8 Å². The highest BCUT2D eigenvalue weighted by molar-refractivity contribution is 5.88. The quantitative estimate of drug-likeness (QED) is 0.432. The van der Waals surface area contributed by atoms with Crippen molar-refractivity contribution in [2.24, 2.45) is 5.92 Å². The van der Waals surface area contributed by atoms with Crippen LogP contribution < -0.4 is 0 Å². The predicted molar refractivity (Wildman–Crippen MR) is 92.2 cm³/mol. The Morgan fingerprint density at radius 1 is 1.00 bits per heavy atom. The number of aliphatic carboxylic acids is 2. The van der Waals surface area contributed by atoms with Gasteiger partial charge in [-0.2, -0.15) is 0 Å². The number of carboxylic acids is 2. The molecule has 7 heteroatoms. The van der Waals surface area contributed by atoms with Gasteiger partial charge in [0.25, 0.3) is 0 Å². The summed E-state index contributed by atoms with van der Waals surface area (Å²) in [6, 6.07) is 0. The van der Waals surface area contributed by atoms with Gasteiger partial charge in [-0.05, 0) is 31.6 Å². The third-order valence-electron chi connectivity index (χ3n) is 4.94. The fourth-order valence-electron chi connectivity index (χ4n) is 3.31. The number of hydrogen-bond donors (Lipinski definition) is 3. The first kappa shape index (κ1) is 23.4. The Kier molecular flexibility index (Phi) is 9.70. The van der Waals surface area contributed by atoms with Gasteiger partial charge in [-0.25, -0.2) is 4.79 Å². The van der Waals surface area contributed by atoms with Crippen molar-refractivity contribution in [2.75, 3.05) is 0 Å².